The average molecular weight is 325 g/mol. The van der Waals surface area contributed by atoms with E-state index < -0.39 is 40.1 Å². The molecule has 7 heteroatoms. The number of benzene rings is 2. The molecule has 0 aromatic heterocycles. The summed E-state index contributed by atoms with van der Waals surface area (Å²) >= 11 is 5.85. The van der Waals surface area contributed by atoms with Gasteiger partial charge in [-0.1, -0.05) is 6.07 Å². The first kappa shape index (κ1) is 15.7. The molecular weight excluding hydrogens is 318 g/mol. The Morgan fingerprint density at radius 1 is 0.810 bits per heavy atom. The van der Waals surface area contributed by atoms with Crippen LogP contribution < -0.4 is 0 Å². The van der Waals surface area contributed by atoms with Crippen molar-refractivity contribution in [3.05, 3.63) is 70.5 Å². The van der Waals surface area contributed by atoms with Gasteiger partial charge in [0.25, 0.3) is 0 Å². The molecule has 0 aliphatic carbocycles. The van der Waals surface area contributed by atoms with Gasteiger partial charge in [-0.25, -0.2) is 13.2 Å². The molecule has 0 N–H and O–H groups in total. The van der Waals surface area contributed by atoms with Crippen molar-refractivity contribution in [1.82, 2.24) is 0 Å². The minimum absolute atomic E-state index is 0.309. The Morgan fingerprint density at radius 3 is 2.05 bits per heavy atom. The molecule has 2 rings (SSSR count). The maximum atomic E-state index is 13.7. The zero-order valence-corrected chi connectivity index (χ0v) is 10.9. The van der Waals surface area contributed by atoms with Gasteiger partial charge in [0.05, 0.1) is 10.9 Å². The van der Waals surface area contributed by atoms with Crippen molar-refractivity contribution in [1.29, 1.82) is 0 Å². The molecule has 0 bridgehead atoms. The van der Waals surface area contributed by atoms with E-state index >= 15 is 0 Å². The highest BCUT2D eigenvalue weighted by Crippen LogP contribution is 2.36. The molecule has 0 heterocycles. The Balaban J connectivity index is 2.50. The van der Waals surface area contributed by atoms with E-state index in [1.807, 2.05) is 0 Å². The smallest absolute Gasteiger partial charge is 0.207 e. The van der Waals surface area contributed by atoms with Crippen LogP contribution in [0.5, 0.6) is 0 Å². The number of alkyl halides is 4. The second-order valence-corrected chi connectivity index (χ2v) is 4.70. The Bertz CT molecular complexity index is 665. The first-order valence-corrected chi connectivity index (χ1v) is 6.09. The lowest BCUT2D eigenvalue weighted by Gasteiger charge is -2.15. The van der Waals surface area contributed by atoms with Crippen LogP contribution >= 0.6 is 11.6 Å². The fourth-order valence-electron chi connectivity index (χ4n) is 1.79. The predicted octanol–water partition coefficient (Wildman–Crippen LogP) is 5.45. The van der Waals surface area contributed by atoms with Gasteiger partial charge in [0, 0.05) is 17.2 Å². The van der Waals surface area contributed by atoms with Crippen molar-refractivity contribution in [3.8, 4) is 0 Å². The normalized spacial score (nSPS) is 13.3. The van der Waals surface area contributed by atoms with Crippen molar-refractivity contribution in [3.63, 3.8) is 0 Å². The van der Waals surface area contributed by atoms with Gasteiger partial charge in [-0.3, -0.25) is 0 Å². The van der Waals surface area contributed by atoms with Crippen molar-refractivity contribution < 1.29 is 26.3 Å². The monoisotopic (exact) mass is 324 g/mol. The molecule has 0 radical (unpaired) electrons. The molecule has 0 amide bonds. The molecular formula is C14H7ClF6. The highest BCUT2D eigenvalue weighted by atomic mass is 35.5. The minimum Gasteiger partial charge on any atom is -0.207 e. The van der Waals surface area contributed by atoms with Crippen molar-refractivity contribution in [2.24, 2.45) is 0 Å². The molecule has 0 saturated carbocycles. The highest BCUT2D eigenvalue weighted by Gasteiger charge is 2.32. The lowest BCUT2D eigenvalue weighted by atomic mass is 10.0. The molecule has 2 aromatic rings. The Kier molecular flexibility index (Phi) is 4.18. The van der Waals surface area contributed by atoms with E-state index in [1.165, 1.54) is 0 Å². The predicted molar refractivity (Wildman–Crippen MR) is 65.5 cm³/mol. The second kappa shape index (κ2) is 5.60. The van der Waals surface area contributed by atoms with Crippen LogP contribution in [-0.4, -0.2) is 0 Å². The van der Waals surface area contributed by atoms with Crippen LogP contribution in [0, 0.1) is 17.5 Å². The van der Waals surface area contributed by atoms with Crippen molar-refractivity contribution in [2.75, 3.05) is 0 Å². The van der Waals surface area contributed by atoms with Crippen LogP contribution in [0.15, 0.2) is 36.4 Å². The van der Waals surface area contributed by atoms with E-state index in [4.69, 9.17) is 11.6 Å². The van der Waals surface area contributed by atoms with Gasteiger partial charge >= 0.3 is 6.18 Å². The summed E-state index contributed by atoms with van der Waals surface area (Å²) in [5.41, 5.74) is -1.94. The summed E-state index contributed by atoms with van der Waals surface area (Å²) in [6.07, 6.45) is -4.68. The lowest BCUT2D eigenvalue weighted by Crippen LogP contribution is -2.08. The molecule has 21 heavy (non-hydrogen) atoms. The lowest BCUT2D eigenvalue weighted by molar-refractivity contribution is -0.137. The summed E-state index contributed by atoms with van der Waals surface area (Å²) < 4.78 is 77.9. The zero-order valence-electron chi connectivity index (χ0n) is 10.2. The van der Waals surface area contributed by atoms with E-state index in [0.29, 0.717) is 24.3 Å². The summed E-state index contributed by atoms with van der Waals surface area (Å²) in [7, 11) is 0. The minimum atomic E-state index is -4.68. The largest absolute Gasteiger partial charge is 0.416 e. The summed E-state index contributed by atoms with van der Waals surface area (Å²) in [6, 6.07) is 4.05. The molecule has 112 valence electrons. The van der Waals surface area contributed by atoms with Crippen molar-refractivity contribution in [2.45, 2.75) is 11.6 Å². The van der Waals surface area contributed by atoms with Gasteiger partial charge in [0.2, 0.25) is 0 Å². The summed E-state index contributed by atoms with van der Waals surface area (Å²) in [6.45, 7) is 0. The standard InChI is InChI=1S/C14H7ClF6/c15-13(9-3-2-8(16)6-12(9)18)10-5-7(14(19,20)21)1-4-11(10)17/h1-6,13H. The van der Waals surface area contributed by atoms with Crippen LogP contribution in [0.2, 0.25) is 0 Å². The topological polar surface area (TPSA) is 0 Å². The number of halogens is 7. The number of hydrogen-bond donors (Lipinski definition) is 0. The van der Waals surface area contributed by atoms with E-state index in [-0.39, 0.29) is 5.56 Å². The van der Waals surface area contributed by atoms with Crippen LogP contribution in [0.1, 0.15) is 22.1 Å². The van der Waals surface area contributed by atoms with Crippen LogP contribution in [-0.2, 0) is 6.18 Å². The molecule has 0 fully saturated rings. The highest BCUT2D eigenvalue weighted by molar-refractivity contribution is 6.22. The molecule has 0 spiro atoms. The maximum Gasteiger partial charge on any atom is 0.416 e. The number of rotatable bonds is 2. The van der Waals surface area contributed by atoms with Gasteiger partial charge in [-0.05, 0) is 24.3 Å². The summed E-state index contributed by atoms with van der Waals surface area (Å²) in [4.78, 5) is 0. The second-order valence-electron chi connectivity index (χ2n) is 4.26. The molecule has 1 atom stereocenters. The van der Waals surface area contributed by atoms with Crippen LogP contribution in [0.3, 0.4) is 0 Å². The summed E-state index contributed by atoms with van der Waals surface area (Å²) in [5.74, 6) is -2.94. The fourth-order valence-corrected chi connectivity index (χ4v) is 2.13. The fraction of sp³-hybridized carbons (Fsp3) is 0.143. The van der Waals surface area contributed by atoms with Gasteiger partial charge in [-0.2, -0.15) is 13.2 Å². The van der Waals surface area contributed by atoms with E-state index in [0.717, 1.165) is 12.1 Å². The van der Waals surface area contributed by atoms with Gasteiger partial charge in [0.1, 0.15) is 17.5 Å². The van der Waals surface area contributed by atoms with E-state index in [1.54, 1.807) is 0 Å². The average Bonchev–Trinajstić information content (AvgIpc) is 2.37. The third kappa shape index (κ3) is 3.32. The Morgan fingerprint density at radius 2 is 1.48 bits per heavy atom. The molecule has 0 aliphatic rings. The number of hydrogen-bond acceptors (Lipinski definition) is 0. The molecule has 2 aromatic carbocycles. The molecule has 0 saturated heterocycles. The van der Waals surface area contributed by atoms with E-state index in [2.05, 4.69) is 0 Å². The molecule has 0 aliphatic heterocycles. The van der Waals surface area contributed by atoms with Gasteiger partial charge in [-0.15, -0.1) is 11.6 Å². The SMILES string of the molecule is Fc1ccc(C(Cl)c2cc(C(F)(F)F)ccc2F)c(F)c1. The third-order valence-electron chi connectivity index (χ3n) is 2.83. The van der Waals surface area contributed by atoms with Gasteiger partial charge < -0.3 is 0 Å². The summed E-state index contributed by atoms with van der Waals surface area (Å²) in [5, 5.41) is -1.51. The Labute approximate surface area is 121 Å². The van der Waals surface area contributed by atoms with E-state index in [9.17, 15) is 26.3 Å². The van der Waals surface area contributed by atoms with Crippen LogP contribution in [0.25, 0.3) is 0 Å². The van der Waals surface area contributed by atoms with Crippen LogP contribution in [0.4, 0.5) is 26.3 Å². The first-order chi connectivity index (χ1) is 9.70. The molecule has 0 nitrogen and oxygen atoms in total. The molecule has 1 unspecified atom stereocenters. The zero-order chi connectivity index (χ0) is 15.8. The maximum absolute atomic E-state index is 13.7. The van der Waals surface area contributed by atoms with Crippen molar-refractivity contribution >= 4 is 11.6 Å². The first-order valence-electron chi connectivity index (χ1n) is 5.66. The third-order valence-corrected chi connectivity index (χ3v) is 3.30. The Hall–Kier alpha value is -1.69. The quantitative estimate of drug-likeness (QED) is 0.509. The van der Waals surface area contributed by atoms with Gasteiger partial charge in [0.15, 0.2) is 0 Å².